The smallest absolute Gasteiger partial charge is 0.220 e. The normalized spacial score (nSPS) is 15.8. The SMILES string of the molecule is COc1ccc(C(CNC(=O)CCC(=O)c2cccs2)N2CCCCC2)cc1. The number of hydrogen-bond acceptors (Lipinski definition) is 5. The monoisotopic (exact) mass is 400 g/mol. The van der Waals surface area contributed by atoms with E-state index >= 15 is 0 Å². The van der Waals surface area contributed by atoms with E-state index in [0.717, 1.165) is 23.7 Å². The Labute approximate surface area is 170 Å². The van der Waals surface area contributed by atoms with Gasteiger partial charge in [-0.1, -0.05) is 24.6 Å². The van der Waals surface area contributed by atoms with Crippen molar-refractivity contribution >= 4 is 23.0 Å². The predicted molar refractivity (Wildman–Crippen MR) is 112 cm³/mol. The molecule has 3 rings (SSSR count). The van der Waals surface area contributed by atoms with Crippen LogP contribution in [0.15, 0.2) is 41.8 Å². The Bertz CT molecular complexity index is 753. The van der Waals surface area contributed by atoms with Gasteiger partial charge in [0.15, 0.2) is 5.78 Å². The third-order valence-corrected chi connectivity index (χ3v) is 6.11. The Kier molecular flexibility index (Phi) is 7.62. The first-order valence-electron chi connectivity index (χ1n) is 9.89. The molecule has 0 radical (unpaired) electrons. The van der Waals surface area contributed by atoms with Gasteiger partial charge in [-0.25, -0.2) is 0 Å². The largest absolute Gasteiger partial charge is 0.497 e. The number of ketones is 1. The van der Waals surface area contributed by atoms with Gasteiger partial charge in [-0.15, -0.1) is 11.3 Å². The second-order valence-corrected chi connectivity index (χ2v) is 8.04. The van der Waals surface area contributed by atoms with E-state index in [1.165, 1.54) is 36.2 Å². The Balaban J connectivity index is 1.57. The van der Waals surface area contributed by atoms with E-state index in [-0.39, 0.29) is 30.6 Å². The fourth-order valence-electron chi connectivity index (χ4n) is 3.60. The van der Waals surface area contributed by atoms with Crippen LogP contribution in [-0.4, -0.2) is 43.3 Å². The van der Waals surface area contributed by atoms with Gasteiger partial charge in [-0.05, 0) is 55.1 Å². The van der Waals surface area contributed by atoms with E-state index in [0.29, 0.717) is 6.54 Å². The van der Waals surface area contributed by atoms with Gasteiger partial charge in [0.25, 0.3) is 0 Å². The molecule has 1 unspecified atom stereocenters. The minimum Gasteiger partial charge on any atom is -0.497 e. The molecule has 2 aromatic rings. The predicted octanol–water partition coefficient (Wildman–Crippen LogP) is 4.06. The Hall–Kier alpha value is -2.18. The summed E-state index contributed by atoms with van der Waals surface area (Å²) in [6.45, 7) is 2.64. The Morgan fingerprint density at radius 2 is 1.86 bits per heavy atom. The average molecular weight is 401 g/mol. The van der Waals surface area contributed by atoms with E-state index in [4.69, 9.17) is 4.74 Å². The number of ether oxygens (including phenoxy) is 1. The number of amides is 1. The molecule has 0 aliphatic carbocycles. The number of thiophene rings is 1. The summed E-state index contributed by atoms with van der Waals surface area (Å²) >= 11 is 1.42. The molecule has 1 saturated heterocycles. The van der Waals surface area contributed by atoms with Crippen molar-refractivity contribution in [1.82, 2.24) is 10.2 Å². The summed E-state index contributed by atoms with van der Waals surface area (Å²) in [4.78, 5) is 27.6. The molecule has 1 fully saturated rings. The van der Waals surface area contributed by atoms with Crippen LogP contribution >= 0.6 is 11.3 Å². The zero-order chi connectivity index (χ0) is 19.8. The number of piperidine rings is 1. The van der Waals surface area contributed by atoms with Crippen molar-refractivity contribution in [3.05, 3.63) is 52.2 Å². The number of likely N-dealkylation sites (tertiary alicyclic amines) is 1. The lowest BCUT2D eigenvalue weighted by Crippen LogP contribution is -2.40. The summed E-state index contributed by atoms with van der Waals surface area (Å²) in [5.74, 6) is 0.797. The van der Waals surface area contributed by atoms with E-state index in [2.05, 4.69) is 22.3 Å². The van der Waals surface area contributed by atoms with Crippen molar-refractivity contribution in [3.8, 4) is 5.75 Å². The highest BCUT2D eigenvalue weighted by molar-refractivity contribution is 7.12. The van der Waals surface area contributed by atoms with E-state index in [1.807, 2.05) is 23.6 Å². The van der Waals surface area contributed by atoms with Gasteiger partial charge in [-0.3, -0.25) is 14.5 Å². The molecule has 1 aromatic heterocycles. The van der Waals surface area contributed by atoms with Crippen LogP contribution in [-0.2, 0) is 4.79 Å². The molecule has 0 saturated carbocycles. The van der Waals surface area contributed by atoms with Crippen molar-refractivity contribution in [2.24, 2.45) is 0 Å². The minimum atomic E-state index is -0.0690. The summed E-state index contributed by atoms with van der Waals surface area (Å²) in [7, 11) is 1.66. The zero-order valence-corrected chi connectivity index (χ0v) is 17.2. The molecule has 0 spiro atoms. The highest BCUT2D eigenvalue weighted by Gasteiger charge is 2.23. The molecule has 28 heavy (non-hydrogen) atoms. The number of hydrogen-bond donors (Lipinski definition) is 1. The fraction of sp³-hybridized carbons (Fsp3) is 0.455. The maximum absolute atomic E-state index is 12.3. The maximum Gasteiger partial charge on any atom is 0.220 e. The molecular formula is C22H28N2O3S. The summed E-state index contributed by atoms with van der Waals surface area (Å²) in [5.41, 5.74) is 1.18. The molecule has 2 heterocycles. The van der Waals surface area contributed by atoms with E-state index in [1.54, 1.807) is 13.2 Å². The molecule has 150 valence electrons. The second-order valence-electron chi connectivity index (χ2n) is 7.09. The highest BCUT2D eigenvalue weighted by Crippen LogP contribution is 2.26. The van der Waals surface area contributed by atoms with Crippen LogP contribution in [0.3, 0.4) is 0 Å². The molecule has 1 N–H and O–H groups in total. The number of nitrogens with zero attached hydrogens (tertiary/aromatic N) is 1. The Morgan fingerprint density at radius 3 is 2.50 bits per heavy atom. The van der Waals surface area contributed by atoms with Gasteiger partial charge in [0.1, 0.15) is 5.75 Å². The van der Waals surface area contributed by atoms with Crippen molar-refractivity contribution < 1.29 is 14.3 Å². The van der Waals surface area contributed by atoms with Gasteiger partial charge >= 0.3 is 0 Å². The summed E-state index contributed by atoms with van der Waals surface area (Å²) < 4.78 is 5.26. The summed E-state index contributed by atoms with van der Waals surface area (Å²) in [6, 6.07) is 11.9. The molecule has 6 heteroatoms. The first kappa shape index (κ1) is 20.6. The van der Waals surface area contributed by atoms with Crippen molar-refractivity contribution in [2.45, 2.75) is 38.1 Å². The van der Waals surface area contributed by atoms with Gasteiger partial charge in [0.05, 0.1) is 18.0 Å². The molecule has 1 aliphatic heterocycles. The highest BCUT2D eigenvalue weighted by atomic mass is 32.1. The van der Waals surface area contributed by atoms with Gasteiger partial charge < -0.3 is 10.1 Å². The van der Waals surface area contributed by atoms with Crippen LogP contribution in [0.25, 0.3) is 0 Å². The van der Waals surface area contributed by atoms with E-state index in [9.17, 15) is 9.59 Å². The number of methoxy groups -OCH3 is 1. The number of Topliss-reactive ketones (excluding diaryl/α,β-unsaturated/α-hetero) is 1. The quantitative estimate of drug-likeness (QED) is 0.645. The summed E-state index contributed by atoms with van der Waals surface area (Å²) in [5, 5.41) is 4.93. The first-order valence-corrected chi connectivity index (χ1v) is 10.8. The lowest BCUT2D eigenvalue weighted by atomic mass is 10.0. The second kappa shape index (κ2) is 10.4. The number of benzene rings is 1. The lowest BCUT2D eigenvalue weighted by Gasteiger charge is -2.35. The molecule has 1 amide bonds. The van der Waals surface area contributed by atoms with Crippen molar-refractivity contribution in [1.29, 1.82) is 0 Å². The van der Waals surface area contributed by atoms with Crippen LogP contribution in [0.1, 0.15) is 53.4 Å². The third-order valence-electron chi connectivity index (χ3n) is 5.20. The van der Waals surface area contributed by atoms with Crippen LogP contribution < -0.4 is 10.1 Å². The van der Waals surface area contributed by atoms with Crippen LogP contribution in [0.2, 0.25) is 0 Å². The molecule has 1 aromatic carbocycles. The van der Waals surface area contributed by atoms with Gasteiger partial charge in [0.2, 0.25) is 5.91 Å². The molecule has 1 atom stereocenters. The zero-order valence-electron chi connectivity index (χ0n) is 16.4. The van der Waals surface area contributed by atoms with Crippen molar-refractivity contribution in [2.75, 3.05) is 26.7 Å². The molecule has 0 bridgehead atoms. The van der Waals surface area contributed by atoms with E-state index < -0.39 is 0 Å². The maximum atomic E-state index is 12.3. The third kappa shape index (κ3) is 5.66. The number of rotatable bonds is 9. The number of carbonyl (C=O) groups excluding carboxylic acids is 2. The average Bonchev–Trinajstić information content (AvgIpc) is 3.28. The topological polar surface area (TPSA) is 58.6 Å². The molecular weight excluding hydrogens is 372 g/mol. The number of carbonyl (C=O) groups is 2. The van der Waals surface area contributed by atoms with Crippen molar-refractivity contribution in [3.63, 3.8) is 0 Å². The fourth-order valence-corrected chi connectivity index (χ4v) is 4.29. The molecule has 1 aliphatic rings. The van der Waals surface area contributed by atoms with Crippen LogP contribution in [0.5, 0.6) is 5.75 Å². The lowest BCUT2D eigenvalue weighted by molar-refractivity contribution is -0.121. The first-order chi connectivity index (χ1) is 13.7. The Morgan fingerprint density at radius 1 is 1.11 bits per heavy atom. The van der Waals surface area contributed by atoms with Gasteiger partial charge in [-0.2, -0.15) is 0 Å². The standard InChI is InChI=1S/C22H28N2O3S/c1-27-18-9-7-17(8-10-18)19(24-13-3-2-4-14-24)16-23-22(26)12-11-20(25)21-6-5-15-28-21/h5-10,15,19H,2-4,11-14,16H2,1H3,(H,23,26). The van der Waals surface area contributed by atoms with Gasteiger partial charge in [0, 0.05) is 19.4 Å². The van der Waals surface area contributed by atoms with Crippen LogP contribution in [0.4, 0.5) is 0 Å². The van der Waals surface area contributed by atoms with Crippen LogP contribution in [0, 0.1) is 0 Å². The number of nitrogens with one attached hydrogen (secondary N) is 1. The minimum absolute atomic E-state index is 0.0351. The summed E-state index contributed by atoms with van der Waals surface area (Å²) in [6.07, 6.45) is 4.13. The molecule has 5 nitrogen and oxygen atoms in total.